The Kier molecular flexibility index (Phi) is 4.24. The highest BCUT2D eigenvalue weighted by Gasteiger charge is 2.08. The Morgan fingerprint density at radius 2 is 1.94 bits per heavy atom. The summed E-state index contributed by atoms with van der Waals surface area (Å²) in [6.45, 7) is 0. The van der Waals surface area contributed by atoms with Gasteiger partial charge in [-0.1, -0.05) is 23.5 Å². The lowest BCUT2D eigenvalue weighted by molar-refractivity contribution is 1.08. The monoisotopic (exact) mass is 325 g/mol. The molecule has 0 aliphatic carbocycles. The fraction of sp³-hybridized carbons (Fsp3) is 0.308. The molecular formula is C13H16BrN3S. The van der Waals surface area contributed by atoms with Gasteiger partial charge in [-0.05, 0) is 33.6 Å². The second kappa shape index (κ2) is 5.71. The first-order valence-electron chi connectivity index (χ1n) is 5.69. The minimum atomic E-state index is 0.854. The fourth-order valence-electron chi connectivity index (χ4n) is 1.65. The lowest BCUT2D eigenvalue weighted by Crippen LogP contribution is -2.08. The first kappa shape index (κ1) is 13.4. The maximum absolute atomic E-state index is 4.53. The lowest BCUT2D eigenvalue weighted by atomic mass is 10.1. The zero-order chi connectivity index (χ0) is 13.1. The number of anilines is 2. The van der Waals surface area contributed by atoms with Crippen LogP contribution in [0.25, 0.3) is 0 Å². The maximum Gasteiger partial charge on any atom is 0.183 e. The normalized spacial score (nSPS) is 10.4. The zero-order valence-electron chi connectivity index (χ0n) is 10.7. The zero-order valence-corrected chi connectivity index (χ0v) is 13.1. The van der Waals surface area contributed by atoms with Gasteiger partial charge in [0.15, 0.2) is 5.13 Å². The van der Waals surface area contributed by atoms with E-state index in [4.69, 9.17) is 0 Å². The number of benzene rings is 1. The van der Waals surface area contributed by atoms with Gasteiger partial charge in [-0.15, -0.1) is 0 Å². The Balaban J connectivity index is 2.15. The molecule has 0 fully saturated rings. The van der Waals surface area contributed by atoms with Gasteiger partial charge >= 0.3 is 0 Å². The van der Waals surface area contributed by atoms with Crippen LogP contribution in [0.1, 0.15) is 11.3 Å². The Labute approximate surface area is 120 Å². The van der Waals surface area contributed by atoms with Crippen molar-refractivity contribution in [3.63, 3.8) is 0 Å². The second-order valence-electron chi connectivity index (χ2n) is 4.23. The summed E-state index contributed by atoms with van der Waals surface area (Å²) in [5, 5.41) is 4.01. The Bertz CT molecular complexity index is 520. The minimum Gasteiger partial charge on any atom is -0.378 e. The van der Waals surface area contributed by atoms with Crippen molar-refractivity contribution >= 4 is 38.1 Å². The quantitative estimate of drug-likeness (QED) is 0.930. The smallest absolute Gasteiger partial charge is 0.183 e. The number of aromatic nitrogens is 1. The van der Waals surface area contributed by atoms with Crippen LogP contribution in [-0.2, 0) is 6.42 Å². The highest BCUT2D eigenvalue weighted by molar-refractivity contribution is 9.11. The van der Waals surface area contributed by atoms with Crippen LogP contribution in [0.4, 0.5) is 10.8 Å². The molecule has 18 heavy (non-hydrogen) atoms. The highest BCUT2D eigenvalue weighted by atomic mass is 79.9. The van der Waals surface area contributed by atoms with E-state index in [1.165, 1.54) is 11.3 Å². The van der Waals surface area contributed by atoms with Crippen LogP contribution < -0.4 is 10.2 Å². The summed E-state index contributed by atoms with van der Waals surface area (Å²) in [4.78, 5) is 6.63. The summed E-state index contributed by atoms with van der Waals surface area (Å²) in [6.07, 6.45) is 0.854. The van der Waals surface area contributed by atoms with Gasteiger partial charge in [-0.25, -0.2) is 4.98 Å². The molecule has 3 nitrogen and oxygen atoms in total. The fourth-order valence-corrected chi connectivity index (χ4v) is 3.01. The molecule has 5 heteroatoms. The summed E-state index contributed by atoms with van der Waals surface area (Å²) in [5.41, 5.74) is 3.57. The molecule has 0 saturated heterocycles. The molecule has 1 N–H and O–H groups in total. The van der Waals surface area contributed by atoms with Crippen LogP contribution >= 0.6 is 27.3 Å². The number of nitrogens with one attached hydrogen (secondary N) is 1. The standard InChI is InChI=1S/C13H16BrN3S/c1-15-13-16-11(12(14)18-13)8-9-4-6-10(7-5-9)17(2)3/h4-7H,8H2,1-3H3,(H,15,16). The van der Waals surface area contributed by atoms with E-state index in [9.17, 15) is 0 Å². The predicted octanol–water partition coefficient (Wildman–Crippen LogP) is 3.60. The molecule has 1 aromatic heterocycles. The predicted molar refractivity (Wildman–Crippen MR) is 82.9 cm³/mol. The topological polar surface area (TPSA) is 28.2 Å². The third-order valence-electron chi connectivity index (χ3n) is 2.69. The third-order valence-corrected chi connectivity index (χ3v) is 4.53. The van der Waals surface area contributed by atoms with Crippen molar-refractivity contribution in [2.45, 2.75) is 6.42 Å². The lowest BCUT2D eigenvalue weighted by Gasteiger charge is -2.12. The number of thiazole rings is 1. The molecule has 0 radical (unpaired) electrons. The molecule has 1 heterocycles. The van der Waals surface area contributed by atoms with E-state index in [0.29, 0.717) is 0 Å². The average molecular weight is 326 g/mol. The van der Waals surface area contributed by atoms with Gasteiger partial charge in [0.25, 0.3) is 0 Å². The van der Waals surface area contributed by atoms with Gasteiger partial charge in [0.05, 0.1) is 9.48 Å². The second-order valence-corrected chi connectivity index (χ2v) is 6.54. The van der Waals surface area contributed by atoms with E-state index in [0.717, 1.165) is 21.0 Å². The molecule has 0 aliphatic heterocycles. The van der Waals surface area contributed by atoms with E-state index in [1.54, 1.807) is 11.3 Å². The average Bonchev–Trinajstić information content (AvgIpc) is 2.71. The molecule has 0 atom stereocenters. The van der Waals surface area contributed by atoms with E-state index < -0.39 is 0 Å². The van der Waals surface area contributed by atoms with Gasteiger partial charge in [-0.2, -0.15) is 0 Å². The van der Waals surface area contributed by atoms with E-state index in [-0.39, 0.29) is 0 Å². The summed E-state index contributed by atoms with van der Waals surface area (Å²) in [5.74, 6) is 0. The molecular weight excluding hydrogens is 310 g/mol. The van der Waals surface area contributed by atoms with Crippen LogP contribution in [0.2, 0.25) is 0 Å². The highest BCUT2D eigenvalue weighted by Crippen LogP contribution is 2.29. The third kappa shape index (κ3) is 3.03. The van der Waals surface area contributed by atoms with E-state index in [1.807, 2.05) is 21.1 Å². The van der Waals surface area contributed by atoms with Crippen LogP contribution in [0.5, 0.6) is 0 Å². The van der Waals surface area contributed by atoms with Gasteiger partial charge in [-0.3, -0.25) is 0 Å². The van der Waals surface area contributed by atoms with Crippen molar-refractivity contribution in [2.24, 2.45) is 0 Å². The maximum atomic E-state index is 4.53. The number of hydrogen-bond donors (Lipinski definition) is 1. The number of rotatable bonds is 4. The van der Waals surface area contributed by atoms with Crippen LogP contribution in [-0.4, -0.2) is 26.1 Å². The first-order chi connectivity index (χ1) is 8.60. The van der Waals surface area contributed by atoms with E-state index >= 15 is 0 Å². The number of halogens is 1. The molecule has 0 aliphatic rings. The van der Waals surface area contributed by atoms with Crippen molar-refractivity contribution < 1.29 is 0 Å². The number of hydrogen-bond acceptors (Lipinski definition) is 4. The molecule has 0 unspecified atom stereocenters. The Morgan fingerprint density at radius 3 is 2.44 bits per heavy atom. The van der Waals surface area contributed by atoms with Gasteiger partial charge in [0, 0.05) is 33.3 Å². The van der Waals surface area contributed by atoms with Gasteiger partial charge in [0.2, 0.25) is 0 Å². The minimum absolute atomic E-state index is 0.854. The van der Waals surface area contributed by atoms with Crippen LogP contribution in [0.15, 0.2) is 28.1 Å². The Morgan fingerprint density at radius 1 is 1.28 bits per heavy atom. The summed E-state index contributed by atoms with van der Waals surface area (Å²) < 4.78 is 1.10. The molecule has 0 saturated carbocycles. The molecule has 1 aromatic carbocycles. The van der Waals surface area contributed by atoms with Crippen molar-refractivity contribution in [1.82, 2.24) is 4.98 Å². The van der Waals surface area contributed by atoms with E-state index in [2.05, 4.69) is 55.4 Å². The number of nitrogens with zero attached hydrogens (tertiary/aromatic N) is 2. The largest absolute Gasteiger partial charge is 0.378 e. The first-order valence-corrected chi connectivity index (χ1v) is 7.30. The Hall–Kier alpha value is -1.07. The summed E-state index contributed by atoms with van der Waals surface area (Å²) in [7, 11) is 5.98. The van der Waals surface area contributed by atoms with Crippen molar-refractivity contribution in [3.05, 3.63) is 39.3 Å². The van der Waals surface area contributed by atoms with Crippen molar-refractivity contribution in [2.75, 3.05) is 31.4 Å². The molecule has 0 amide bonds. The van der Waals surface area contributed by atoms with Crippen molar-refractivity contribution in [1.29, 1.82) is 0 Å². The van der Waals surface area contributed by atoms with Crippen molar-refractivity contribution in [3.8, 4) is 0 Å². The summed E-state index contributed by atoms with van der Waals surface area (Å²) >= 11 is 5.19. The molecule has 2 aromatic rings. The molecule has 0 bridgehead atoms. The molecule has 0 spiro atoms. The van der Waals surface area contributed by atoms with Gasteiger partial charge < -0.3 is 10.2 Å². The van der Waals surface area contributed by atoms with Crippen LogP contribution in [0.3, 0.4) is 0 Å². The molecule has 2 rings (SSSR count). The molecule has 96 valence electrons. The summed E-state index contributed by atoms with van der Waals surface area (Å²) in [6, 6.07) is 8.57. The van der Waals surface area contributed by atoms with Gasteiger partial charge in [0.1, 0.15) is 0 Å². The van der Waals surface area contributed by atoms with Crippen LogP contribution in [0, 0.1) is 0 Å². The SMILES string of the molecule is CNc1nc(Cc2ccc(N(C)C)cc2)c(Br)s1.